The van der Waals surface area contributed by atoms with E-state index in [0.29, 0.717) is 15.9 Å². The van der Waals surface area contributed by atoms with Crippen molar-refractivity contribution in [2.75, 3.05) is 24.3 Å². The third-order valence-electron chi connectivity index (χ3n) is 4.42. The zero-order chi connectivity index (χ0) is 19.7. The number of hydrogen-bond donors (Lipinski definition) is 1. The lowest BCUT2D eigenvalue weighted by molar-refractivity contribution is 1.13. The number of nitrogens with zero attached hydrogens (tertiary/aromatic N) is 3. The van der Waals surface area contributed by atoms with Crippen LogP contribution in [0.15, 0.2) is 66.7 Å². The Kier molecular flexibility index (Phi) is 6.48. The van der Waals surface area contributed by atoms with Crippen LogP contribution in [0.25, 0.3) is 22.3 Å². The molecule has 29 heavy (non-hydrogen) atoms. The molecule has 4 rings (SSSR count). The van der Waals surface area contributed by atoms with Crippen LogP contribution in [-0.4, -0.2) is 24.1 Å². The van der Waals surface area contributed by atoms with E-state index in [-0.39, 0.29) is 12.4 Å². The van der Waals surface area contributed by atoms with Gasteiger partial charge in [0.15, 0.2) is 5.82 Å². The predicted molar refractivity (Wildman–Crippen MR) is 126 cm³/mol. The van der Waals surface area contributed by atoms with Crippen LogP contribution in [0.3, 0.4) is 0 Å². The fourth-order valence-corrected chi connectivity index (χ4v) is 3.44. The summed E-state index contributed by atoms with van der Waals surface area (Å²) in [5.41, 5.74) is 3.66. The summed E-state index contributed by atoms with van der Waals surface area (Å²) in [7, 11) is 4.03. The molecule has 0 unspecified atom stereocenters. The molecule has 0 radical (unpaired) electrons. The van der Waals surface area contributed by atoms with Crippen molar-refractivity contribution in [1.29, 1.82) is 0 Å². The first-order valence-corrected chi connectivity index (χ1v) is 9.53. The van der Waals surface area contributed by atoms with E-state index in [1.165, 1.54) is 0 Å². The summed E-state index contributed by atoms with van der Waals surface area (Å²) in [5, 5.41) is 5.45. The first kappa shape index (κ1) is 21.2. The monoisotopic (exact) mass is 444 g/mol. The highest BCUT2D eigenvalue weighted by molar-refractivity contribution is 6.36. The zero-order valence-corrected chi connectivity index (χ0v) is 18.2. The molecule has 0 saturated heterocycles. The fraction of sp³-hybridized carbons (Fsp3) is 0.0909. The standard InChI is InChI=1S/C22H18Cl2N4.ClH/c1-28(2)16-10-8-15(9-11-16)25-22-18-5-3-4-6-20(18)26-21(27-22)17-12-7-14(23)13-19(17)24;/h3-13H,1-2H3,(H,25,26,27);1H. The smallest absolute Gasteiger partial charge is 0.163 e. The van der Waals surface area contributed by atoms with Crippen molar-refractivity contribution in [2.45, 2.75) is 0 Å². The van der Waals surface area contributed by atoms with Gasteiger partial charge in [0.2, 0.25) is 0 Å². The molecule has 0 fully saturated rings. The molecule has 1 heterocycles. The molecule has 3 aromatic carbocycles. The molecular formula is C22H19Cl3N4. The van der Waals surface area contributed by atoms with Crippen molar-refractivity contribution in [2.24, 2.45) is 0 Å². The average molecular weight is 446 g/mol. The van der Waals surface area contributed by atoms with E-state index >= 15 is 0 Å². The van der Waals surface area contributed by atoms with Crippen molar-refractivity contribution in [3.8, 4) is 11.4 Å². The maximum atomic E-state index is 6.39. The van der Waals surface area contributed by atoms with Crippen molar-refractivity contribution in [3.63, 3.8) is 0 Å². The van der Waals surface area contributed by atoms with Crippen LogP contribution in [0, 0.1) is 0 Å². The lowest BCUT2D eigenvalue weighted by Gasteiger charge is -2.14. The molecule has 4 nitrogen and oxygen atoms in total. The van der Waals surface area contributed by atoms with Gasteiger partial charge in [0.1, 0.15) is 5.82 Å². The van der Waals surface area contributed by atoms with E-state index in [1.54, 1.807) is 12.1 Å². The van der Waals surface area contributed by atoms with Crippen LogP contribution in [-0.2, 0) is 0 Å². The van der Waals surface area contributed by atoms with Gasteiger partial charge in [-0.15, -0.1) is 12.4 Å². The van der Waals surface area contributed by atoms with E-state index in [1.807, 2.05) is 56.6 Å². The quantitative estimate of drug-likeness (QED) is 0.373. The van der Waals surface area contributed by atoms with E-state index in [4.69, 9.17) is 33.2 Å². The molecule has 1 aromatic heterocycles. The number of para-hydroxylation sites is 1. The van der Waals surface area contributed by atoms with Crippen LogP contribution in [0.1, 0.15) is 0 Å². The van der Waals surface area contributed by atoms with Crippen LogP contribution in [0.2, 0.25) is 10.0 Å². The SMILES string of the molecule is CN(C)c1ccc(Nc2nc(-c3ccc(Cl)cc3Cl)nc3ccccc23)cc1.Cl. The normalized spacial score (nSPS) is 10.5. The molecular weight excluding hydrogens is 427 g/mol. The van der Waals surface area contributed by atoms with Gasteiger partial charge in [0.25, 0.3) is 0 Å². The van der Waals surface area contributed by atoms with Gasteiger partial charge < -0.3 is 10.2 Å². The molecule has 0 aliphatic rings. The molecule has 7 heteroatoms. The minimum absolute atomic E-state index is 0. The number of fused-ring (bicyclic) bond motifs is 1. The maximum Gasteiger partial charge on any atom is 0.163 e. The molecule has 0 aliphatic heterocycles. The lowest BCUT2D eigenvalue weighted by Crippen LogP contribution is -2.08. The van der Waals surface area contributed by atoms with Gasteiger partial charge in [-0.3, -0.25) is 0 Å². The second kappa shape index (κ2) is 8.87. The number of rotatable bonds is 4. The number of hydrogen-bond acceptors (Lipinski definition) is 4. The molecule has 0 saturated carbocycles. The highest BCUT2D eigenvalue weighted by Crippen LogP contribution is 2.32. The number of aromatic nitrogens is 2. The molecule has 1 N–H and O–H groups in total. The Labute approximate surface area is 185 Å². The predicted octanol–water partition coefficient (Wildman–Crippen LogP) is 6.84. The van der Waals surface area contributed by atoms with Crippen LogP contribution in [0.5, 0.6) is 0 Å². The zero-order valence-electron chi connectivity index (χ0n) is 15.9. The number of halogens is 3. The van der Waals surface area contributed by atoms with E-state index in [9.17, 15) is 0 Å². The minimum Gasteiger partial charge on any atom is -0.378 e. The largest absolute Gasteiger partial charge is 0.378 e. The van der Waals surface area contributed by atoms with Crippen molar-refractivity contribution in [3.05, 3.63) is 76.8 Å². The van der Waals surface area contributed by atoms with Gasteiger partial charge in [0, 0.05) is 41.4 Å². The van der Waals surface area contributed by atoms with Gasteiger partial charge in [-0.05, 0) is 54.6 Å². The summed E-state index contributed by atoms with van der Waals surface area (Å²) in [6.07, 6.45) is 0. The first-order chi connectivity index (χ1) is 13.5. The summed E-state index contributed by atoms with van der Waals surface area (Å²) in [4.78, 5) is 11.5. The second-order valence-electron chi connectivity index (χ2n) is 6.60. The van der Waals surface area contributed by atoms with Crippen molar-refractivity contribution in [1.82, 2.24) is 9.97 Å². The Morgan fingerprint density at radius 2 is 1.59 bits per heavy atom. The fourth-order valence-electron chi connectivity index (χ4n) is 2.94. The van der Waals surface area contributed by atoms with Gasteiger partial charge in [-0.2, -0.15) is 0 Å². The maximum absolute atomic E-state index is 6.39. The molecule has 148 valence electrons. The summed E-state index contributed by atoms with van der Waals surface area (Å²) >= 11 is 12.4. The van der Waals surface area contributed by atoms with Gasteiger partial charge in [0.05, 0.1) is 10.5 Å². The Bertz CT molecular complexity index is 1140. The van der Waals surface area contributed by atoms with Crippen LogP contribution in [0.4, 0.5) is 17.2 Å². The average Bonchev–Trinajstić information content (AvgIpc) is 2.68. The summed E-state index contributed by atoms with van der Waals surface area (Å²) < 4.78 is 0. The number of nitrogens with one attached hydrogen (secondary N) is 1. The number of anilines is 3. The van der Waals surface area contributed by atoms with E-state index in [0.717, 1.165) is 33.7 Å². The summed E-state index contributed by atoms with van der Waals surface area (Å²) in [5.74, 6) is 1.27. The molecule has 4 aromatic rings. The van der Waals surface area contributed by atoms with Gasteiger partial charge in [-0.1, -0.05) is 35.3 Å². The Morgan fingerprint density at radius 1 is 0.862 bits per heavy atom. The topological polar surface area (TPSA) is 41.0 Å². The van der Waals surface area contributed by atoms with Crippen molar-refractivity contribution >= 4 is 63.7 Å². The Hall–Kier alpha value is -2.53. The highest BCUT2D eigenvalue weighted by Gasteiger charge is 2.12. The summed E-state index contributed by atoms with van der Waals surface area (Å²) in [6.45, 7) is 0. The highest BCUT2D eigenvalue weighted by atomic mass is 35.5. The Morgan fingerprint density at radius 3 is 2.28 bits per heavy atom. The van der Waals surface area contributed by atoms with Crippen LogP contribution < -0.4 is 10.2 Å². The lowest BCUT2D eigenvalue weighted by atomic mass is 10.1. The molecule has 0 amide bonds. The molecule has 0 bridgehead atoms. The van der Waals surface area contributed by atoms with Gasteiger partial charge in [-0.25, -0.2) is 9.97 Å². The number of benzene rings is 3. The third kappa shape index (κ3) is 4.56. The second-order valence-corrected chi connectivity index (χ2v) is 7.45. The van der Waals surface area contributed by atoms with Crippen LogP contribution >= 0.6 is 35.6 Å². The molecule has 0 atom stereocenters. The first-order valence-electron chi connectivity index (χ1n) is 8.78. The van der Waals surface area contributed by atoms with Gasteiger partial charge >= 0.3 is 0 Å². The summed E-state index contributed by atoms with van der Waals surface area (Å²) in [6, 6.07) is 21.4. The van der Waals surface area contributed by atoms with E-state index in [2.05, 4.69) is 22.3 Å². The van der Waals surface area contributed by atoms with Crippen molar-refractivity contribution < 1.29 is 0 Å². The van der Waals surface area contributed by atoms with E-state index < -0.39 is 0 Å². The third-order valence-corrected chi connectivity index (χ3v) is 4.97. The molecule has 0 spiro atoms. The minimum atomic E-state index is 0. The molecule has 0 aliphatic carbocycles. The Balaban J connectivity index is 0.00000240.